The van der Waals surface area contributed by atoms with E-state index in [-0.39, 0.29) is 5.91 Å². The Hall–Kier alpha value is -3.61. The second kappa shape index (κ2) is 6.44. The smallest absolute Gasteiger partial charge is 0.234 e. The first-order valence-corrected chi connectivity index (χ1v) is 10.6. The van der Waals surface area contributed by atoms with Crippen LogP contribution < -0.4 is 5.32 Å². The summed E-state index contributed by atoms with van der Waals surface area (Å²) in [5.74, 6) is 1.49. The van der Waals surface area contributed by atoms with Gasteiger partial charge in [-0.25, -0.2) is 19.5 Å². The maximum Gasteiger partial charge on any atom is 0.234 e. The first kappa shape index (κ1) is 18.2. The van der Waals surface area contributed by atoms with Crippen LogP contribution in [0.25, 0.3) is 28.0 Å². The van der Waals surface area contributed by atoms with Crippen LogP contribution in [-0.4, -0.2) is 30.5 Å². The Morgan fingerprint density at radius 1 is 1.13 bits per heavy atom. The Bertz CT molecular complexity index is 1340. The van der Waals surface area contributed by atoms with Crippen molar-refractivity contribution in [1.82, 2.24) is 24.6 Å². The summed E-state index contributed by atoms with van der Waals surface area (Å²) in [4.78, 5) is 26.2. The van der Waals surface area contributed by atoms with E-state index in [1.807, 2.05) is 37.5 Å². The summed E-state index contributed by atoms with van der Waals surface area (Å²) in [7, 11) is 0. The molecule has 1 N–H and O–H groups in total. The molecule has 1 aliphatic heterocycles. The highest BCUT2D eigenvalue weighted by atomic mass is 16.2. The van der Waals surface area contributed by atoms with Crippen LogP contribution in [-0.2, 0) is 10.2 Å². The molecule has 7 nitrogen and oxygen atoms in total. The molecule has 154 valence electrons. The highest BCUT2D eigenvalue weighted by molar-refractivity contribution is 6.06. The number of hydrogen-bond donors (Lipinski definition) is 1. The number of fused-ring (bicyclic) bond motifs is 2. The summed E-state index contributed by atoms with van der Waals surface area (Å²) >= 11 is 0. The van der Waals surface area contributed by atoms with Crippen LogP contribution in [0.3, 0.4) is 0 Å². The monoisotopic (exact) mass is 410 g/mol. The van der Waals surface area contributed by atoms with Crippen molar-refractivity contribution in [2.45, 2.75) is 38.5 Å². The summed E-state index contributed by atoms with van der Waals surface area (Å²) in [6, 6.07) is 8.08. The Kier molecular flexibility index (Phi) is 3.78. The van der Waals surface area contributed by atoms with Crippen molar-refractivity contribution >= 4 is 17.2 Å². The topological polar surface area (TPSA) is 85.1 Å². The van der Waals surface area contributed by atoms with Gasteiger partial charge < -0.3 is 5.32 Å². The van der Waals surface area contributed by atoms with E-state index in [1.165, 1.54) is 12.8 Å². The molecule has 3 aromatic heterocycles. The molecule has 4 aromatic rings. The van der Waals surface area contributed by atoms with E-state index in [1.54, 1.807) is 16.9 Å². The van der Waals surface area contributed by atoms with Crippen LogP contribution in [0.5, 0.6) is 0 Å². The van der Waals surface area contributed by atoms with Crippen molar-refractivity contribution in [3.8, 4) is 22.4 Å². The van der Waals surface area contributed by atoms with Gasteiger partial charge in [-0.2, -0.15) is 5.10 Å². The molecular formula is C24H22N6O. The zero-order chi connectivity index (χ0) is 21.2. The largest absolute Gasteiger partial charge is 0.325 e. The van der Waals surface area contributed by atoms with Crippen LogP contribution in [0, 0.1) is 12.8 Å². The van der Waals surface area contributed by atoms with Crippen LogP contribution in [0.4, 0.5) is 5.69 Å². The van der Waals surface area contributed by atoms with Gasteiger partial charge in [0.05, 0.1) is 17.3 Å². The molecule has 0 bridgehead atoms. The lowest BCUT2D eigenvalue weighted by atomic mass is 9.78. The van der Waals surface area contributed by atoms with Crippen molar-refractivity contribution < 1.29 is 4.79 Å². The second-order valence-electron chi connectivity index (χ2n) is 8.85. The minimum absolute atomic E-state index is 0.103. The van der Waals surface area contributed by atoms with Gasteiger partial charge >= 0.3 is 0 Å². The molecule has 6 rings (SSSR count). The average Bonchev–Trinajstić information content (AvgIpc) is 3.42. The van der Waals surface area contributed by atoms with E-state index in [9.17, 15) is 4.79 Å². The van der Waals surface area contributed by atoms with Crippen LogP contribution in [0.15, 0.2) is 49.1 Å². The number of nitrogens with one attached hydrogen (secondary N) is 1. The maximum absolute atomic E-state index is 12.8. The van der Waals surface area contributed by atoms with Gasteiger partial charge in [-0.05, 0) is 55.5 Å². The van der Waals surface area contributed by atoms with E-state index in [0.717, 1.165) is 51.5 Å². The molecular weight excluding hydrogens is 388 g/mol. The second-order valence-corrected chi connectivity index (χ2v) is 8.85. The van der Waals surface area contributed by atoms with Gasteiger partial charge in [0.2, 0.25) is 5.91 Å². The maximum atomic E-state index is 12.8. The molecule has 0 spiro atoms. The first-order chi connectivity index (χ1) is 15.0. The number of carbonyl (C=O) groups is 1. The SMILES string of the molecule is Cc1ncc(-c2ccn3ncc(-c4ccc5c(c4)[C@](C)(CC4CC4)C(=O)N5)c3n2)cn1. The lowest BCUT2D eigenvalue weighted by Crippen LogP contribution is -2.31. The quantitative estimate of drug-likeness (QED) is 0.546. The predicted octanol–water partition coefficient (Wildman–Crippen LogP) is 4.17. The Morgan fingerprint density at radius 3 is 2.71 bits per heavy atom. The third kappa shape index (κ3) is 2.91. The normalized spacial score (nSPS) is 20.1. The number of rotatable bonds is 4. The number of nitrogens with zero attached hydrogens (tertiary/aromatic N) is 5. The minimum atomic E-state index is -0.479. The third-order valence-electron chi connectivity index (χ3n) is 6.51. The fraction of sp³-hybridized carbons (Fsp3) is 0.292. The van der Waals surface area contributed by atoms with Gasteiger partial charge in [0.25, 0.3) is 0 Å². The molecule has 1 atom stereocenters. The minimum Gasteiger partial charge on any atom is -0.325 e. The summed E-state index contributed by atoms with van der Waals surface area (Å²) in [5.41, 5.74) is 5.88. The predicted molar refractivity (Wildman–Crippen MR) is 118 cm³/mol. The number of carbonyl (C=O) groups excluding carboxylic acids is 1. The number of aromatic nitrogens is 5. The lowest BCUT2D eigenvalue weighted by Gasteiger charge is -2.22. The number of anilines is 1. The molecule has 1 fully saturated rings. The Morgan fingerprint density at radius 2 is 1.94 bits per heavy atom. The van der Waals surface area contributed by atoms with Crippen molar-refractivity contribution in [3.63, 3.8) is 0 Å². The molecule has 0 unspecified atom stereocenters. The highest BCUT2D eigenvalue weighted by Crippen LogP contribution is 2.48. The molecule has 0 saturated heterocycles. The van der Waals surface area contributed by atoms with E-state index in [2.05, 4.69) is 33.4 Å². The molecule has 1 aromatic carbocycles. The summed E-state index contributed by atoms with van der Waals surface area (Å²) in [5, 5.41) is 7.56. The zero-order valence-electron chi connectivity index (χ0n) is 17.5. The average molecular weight is 410 g/mol. The van der Waals surface area contributed by atoms with E-state index in [4.69, 9.17) is 4.98 Å². The Balaban J connectivity index is 1.45. The summed E-state index contributed by atoms with van der Waals surface area (Å²) in [6.45, 7) is 3.93. The Labute approximate surface area is 179 Å². The number of hydrogen-bond acceptors (Lipinski definition) is 5. The third-order valence-corrected chi connectivity index (χ3v) is 6.51. The van der Waals surface area contributed by atoms with Crippen LogP contribution in [0.1, 0.15) is 37.6 Å². The number of aryl methyl sites for hydroxylation is 1. The van der Waals surface area contributed by atoms with E-state index >= 15 is 0 Å². The van der Waals surface area contributed by atoms with Crippen LogP contribution >= 0.6 is 0 Å². The zero-order valence-corrected chi connectivity index (χ0v) is 17.5. The van der Waals surface area contributed by atoms with Gasteiger partial charge in [-0.3, -0.25) is 4.79 Å². The molecule has 1 amide bonds. The van der Waals surface area contributed by atoms with Gasteiger partial charge in [-0.15, -0.1) is 0 Å². The van der Waals surface area contributed by atoms with Crippen molar-refractivity contribution in [2.75, 3.05) is 5.32 Å². The van der Waals surface area contributed by atoms with E-state index < -0.39 is 5.41 Å². The molecule has 0 radical (unpaired) electrons. The molecule has 7 heteroatoms. The van der Waals surface area contributed by atoms with Gasteiger partial charge in [-0.1, -0.05) is 18.9 Å². The number of amides is 1. The van der Waals surface area contributed by atoms with Gasteiger partial charge in [0.1, 0.15) is 5.82 Å². The van der Waals surface area contributed by atoms with Gasteiger partial charge in [0, 0.05) is 35.4 Å². The number of benzene rings is 1. The van der Waals surface area contributed by atoms with Gasteiger partial charge in [0.15, 0.2) is 5.65 Å². The summed E-state index contributed by atoms with van der Waals surface area (Å²) < 4.78 is 1.77. The highest BCUT2D eigenvalue weighted by Gasteiger charge is 2.46. The standard InChI is InChI=1S/C24H22N6O/c1-14-25-11-17(12-26-14)20-7-8-30-22(28-20)18(13-27-30)16-5-6-21-19(9-16)24(2,23(31)29-21)10-15-3-4-15/h5-9,11-13,15H,3-4,10H2,1-2H3,(H,29,31)/t24-/m0/s1. The lowest BCUT2D eigenvalue weighted by molar-refractivity contribution is -0.120. The summed E-state index contributed by atoms with van der Waals surface area (Å²) in [6.07, 6.45) is 10.7. The molecule has 1 saturated carbocycles. The van der Waals surface area contributed by atoms with E-state index in [0.29, 0.717) is 5.92 Å². The fourth-order valence-corrected chi connectivity index (χ4v) is 4.52. The van der Waals surface area contributed by atoms with Crippen LogP contribution in [0.2, 0.25) is 0 Å². The van der Waals surface area contributed by atoms with Crippen molar-refractivity contribution in [3.05, 3.63) is 60.4 Å². The molecule has 4 heterocycles. The first-order valence-electron chi connectivity index (χ1n) is 10.6. The molecule has 31 heavy (non-hydrogen) atoms. The van der Waals surface area contributed by atoms with Crippen molar-refractivity contribution in [2.24, 2.45) is 5.92 Å². The van der Waals surface area contributed by atoms with Crippen molar-refractivity contribution in [1.29, 1.82) is 0 Å². The fourth-order valence-electron chi connectivity index (χ4n) is 4.52. The molecule has 2 aliphatic rings. The molecule has 1 aliphatic carbocycles.